The van der Waals surface area contributed by atoms with Crippen LogP contribution in [-0.4, -0.2) is 15.5 Å². The maximum atomic E-state index is 2.87. The highest BCUT2D eigenvalue weighted by Gasteiger charge is 2.68. The van der Waals surface area contributed by atoms with E-state index in [4.69, 9.17) is 0 Å². The molecule has 2 aromatic carbocycles. The molecule has 8 aliphatic carbocycles. The number of benzene rings is 2. The zero-order valence-electron chi connectivity index (χ0n) is 30.2. The zero-order valence-corrected chi connectivity index (χ0v) is 30.2. The lowest BCUT2D eigenvalue weighted by Crippen LogP contribution is -2.43. The molecule has 2 heterocycles. The van der Waals surface area contributed by atoms with Crippen LogP contribution in [0.1, 0.15) is 67.8 Å². The van der Waals surface area contributed by atoms with Crippen LogP contribution in [0.2, 0.25) is 0 Å². The van der Waals surface area contributed by atoms with Crippen LogP contribution in [0.5, 0.6) is 0 Å². The van der Waals surface area contributed by atoms with Crippen LogP contribution < -0.4 is 10.4 Å². The summed E-state index contributed by atoms with van der Waals surface area (Å²) in [6.07, 6.45) is 49.4. The van der Waals surface area contributed by atoms with Gasteiger partial charge in [-0.25, -0.2) is 0 Å². The van der Waals surface area contributed by atoms with Crippen molar-refractivity contribution in [2.45, 2.75) is 63.5 Å². The Balaban J connectivity index is 1.00. The SMILES string of the molecule is C1=CCCC(C2=c3ccccc3=C(N3C4=C(C=CCC4)C4=CC(c5ccc6c(c5)c5c(n6C6C=CC=CC6)CCC=C5)=CCC43)[C@H]3C4C=CC=CC243)=C1. The molecule has 9 aliphatic rings. The number of rotatable bonds is 4. The third-order valence-electron chi connectivity index (χ3n) is 13.8. The molecule has 12 rings (SSSR count). The Hall–Kier alpha value is -5.34. The minimum Gasteiger partial charge on any atom is -0.339 e. The number of nitrogens with zero attached hydrogens (tertiary/aromatic N) is 2. The average Bonchev–Trinajstić information content (AvgIpc) is 3.64. The van der Waals surface area contributed by atoms with E-state index < -0.39 is 0 Å². The van der Waals surface area contributed by atoms with Gasteiger partial charge in [-0.1, -0.05) is 128 Å². The van der Waals surface area contributed by atoms with Crippen molar-refractivity contribution in [1.82, 2.24) is 9.47 Å². The van der Waals surface area contributed by atoms with Gasteiger partial charge in [-0.2, -0.15) is 0 Å². The van der Waals surface area contributed by atoms with Crippen molar-refractivity contribution >= 4 is 33.8 Å². The molecule has 258 valence electrons. The van der Waals surface area contributed by atoms with Gasteiger partial charge < -0.3 is 9.47 Å². The van der Waals surface area contributed by atoms with Crippen LogP contribution in [0.4, 0.5) is 0 Å². The maximum Gasteiger partial charge on any atom is 0.0627 e. The zero-order chi connectivity index (χ0) is 34.7. The van der Waals surface area contributed by atoms with Crippen molar-refractivity contribution in [3.63, 3.8) is 0 Å². The lowest BCUT2D eigenvalue weighted by molar-refractivity contribution is 0.390. The van der Waals surface area contributed by atoms with Crippen LogP contribution in [0, 0.1) is 17.3 Å². The Bertz CT molecular complexity index is 2650. The Morgan fingerprint density at radius 1 is 0.755 bits per heavy atom. The van der Waals surface area contributed by atoms with E-state index in [-0.39, 0.29) is 5.41 Å². The molecule has 0 saturated heterocycles. The van der Waals surface area contributed by atoms with Crippen molar-refractivity contribution in [3.8, 4) is 0 Å². The Morgan fingerprint density at radius 3 is 2.55 bits per heavy atom. The summed E-state index contributed by atoms with van der Waals surface area (Å²) in [5.41, 5.74) is 16.3. The van der Waals surface area contributed by atoms with Crippen molar-refractivity contribution in [1.29, 1.82) is 0 Å². The lowest BCUT2D eigenvalue weighted by Gasteiger charge is -2.37. The van der Waals surface area contributed by atoms with Crippen LogP contribution >= 0.6 is 0 Å². The number of aromatic nitrogens is 1. The molecule has 2 nitrogen and oxygen atoms in total. The second-order valence-corrected chi connectivity index (χ2v) is 16.3. The molecule has 1 aromatic heterocycles. The predicted octanol–water partition coefficient (Wildman–Crippen LogP) is 10.3. The van der Waals surface area contributed by atoms with E-state index in [0.717, 1.165) is 51.4 Å². The minimum absolute atomic E-state index is 0.0475. The van der Waals surface area contributed by atoms with Gasteiger partial charge in [0.1, 0.15) is 0 Å². The summed E-state index contributed by atoms with van der Waals surface area (Å²) in [6, 6.07) is 17.4. The van der Waals surface area contributed by atoms with Crippen molar-refractivity contribution in [3.05, 3.63) is 189 Å². The van der Waals surface area contributed by atoms with Gasteiger partial charge in [0.25, 0.3) is 0 Å². The second-order valence-electron chi connectivity index (χ2n) is 16.3. The highest BCUT2D eigenvalue weighted by Crippen LogP contribution is 2.73. The molecule has 3 aromatic rings. The molecular formula is C51H44N2. The van der Waals surface area contributed by atoms with E-state index in [1.165, 1.54) is 60.5 Å². The van der Waals surface area contributed by atoms with Gasteiger partial charge in [0.05, 0.1) is 12.1 Å². The average molecular weight is 685 g/mol. The second kappa shape index (κ2) is 11.3. The van der Waals surface area contributed by atoms with Gasteiger partial charge in [0.2, 0.25) is 0 Å². The van der Waals surface area contributed by atoms with E-state index in [0.29, 0.717) is 23.9 Å². The van der Waals surface area contributed by atoms with Gasteiger partial charge in [-0.05, 0) is 108 Å². The smallest absolute Gasteiger partial charge is 0.0627 e. The largest absolute Gasteiger partial charge is 0.339 e. The fraction of sp³-hybridized carbons (Fsp3) is 0.255. The monoisotopic (exact) mass is 684 g/mol. The summed E-state index contributed by atoms with van der Waals surface area (Å²) in [7, 11) is 0. The Morgan fingerprint density at radius 2 is 1.64 bits per heavy atom. The molecule has 0 amide bonds. The van der Waals surface area contributed by atoms with Gasteiger partial charge in [0.15, 0.2) is 0 Å². The molecule has 1 aliphatic heterocycles. The standard InChI is InChI=1S/C51H44N2/c1-3-15-33(16-4-1)48-39-21-7-8-22-40(39)50(49-43-23-13-14-30-51(43,48)49)53-45-25-12-10-20-38(45)42-32-35(27-29-47(42)53)34-26-28-46-41(31-34)37-19-9-11-24-44(37)52(46)36-17-5-2-6-18-36/h1-3,5-10,13-15,17,19-23,26-28,30-32,36,43,47,49H,4,11-12,16,18,24-25,29H2/t36?,43?,47?,49-,51?/m1/s1. The van der Waals surface area contributed by atoms with E-state index >= 15 is 0 Å². The molecule has 0 bridgehead atoms. The van der Waals surface area contributed by atoms with Gasteiger partial charge >= 0.3 is 0 Å². The fourth-order valence-electron chi connectivity index (χ4n) is 11.6. The van der Waals surface area contributed by atoms with Crippen molar-refractivity contribution < 1.29 is 0 Å². The summed E-state index contributed by atoms with van der Waals surface area (Å²) in [5, 5.41) is 4.31. The molecule has 1 saturated carbocycles. The van der Waals surface area contributed by atoms with E-state index in [1.54, 1.807) is 17.0 Å². The summed E-state index contributed by atoms with van der Waals surface area (Å²) in [6.45, 7) is 0. The highest BCUT2D eigenvalue weighted by atomic mass is 15.2. The number of fused-ring (bicyclic) bond motifs is 7. The minimum atomic E-state index is 0.0475. The van der Waals surface area contributed by atoms with Gasteiger partial charge in [-0.3, -0.25) is 0 Å². The molecule has 1 spiro atoms. The van der Waals surface area contributed by atoms with E-state index in [1.807, 2.05) is 0 Å². The van der Waals surface area contributed by atoms with Crippen LogP contribution in [0.3, 0.4) is 0 Å². The third-order valence-corrected chi connectivity index (χ3v) is 13.8. The molecule has 0 N–H and O–H groups in total. The molecule has 2 heteroatoms. The quantitative estimate of drug-likeness (QED) is 0.266. The van der Waals surface area contributed by atoms with Gasteiger partial charge in [0, 0.05) is 56.0 Å². The Labute approximate surface area is 312 Å². The number of allylic oxidation sites excluding steroid dienone is 18. The van der Waals surface area contributed by atoms with Gasteiger partial charge in [-0.15, -0.1) is 0 Å². The first-order chi connectivity index (χ1) is 26.3. The maximum absolute atomic E-state index is 2.87. The predicted molar refractivity (Wildman–Crippen MR) is 220 cm³/mol. The summed E-state index contributed by atoms with van der Waals surface area (Å²) in [5.74, 6) is 0.959. The highest BCUT2D eigenvalue weighted by molar-refractivity contribution is 5.96. The van der Waals surface area contributed by atoms with Crippen LogP contribution in [-0.2, 0) is 6.42 Å². The fourth-order valence-corrected chi connectivity index (χ4v) is 11.6. The summed E-state index contributed by atoms with van der Waals surface area (Å²) < 4.78 is 2.64. The summed E-state index contributed by atoms with van der Waals surface area (Å²) in [4.78, 5) is 2.87. The number of hydrogen-bond acceptors (Lipinski definition) is 1. The molecule has 1 fully saturated rings. The summed E-state index contributed by atoms with van der Waals surface area (Å²) >= 11 is 0. The first-order valence-corrected chi connectivity index (χ1v) is 20.2. The topological polar surface area (TPSA) is 8.17 Å². The van der Waals surface area contributed by atoms with Crippen LogP contribution in [0.15, 0.2) is 162 Å². The van der Waals surface area contributed by atoms with Crippen molar-refractivity contribution in [2.24, 2.45) is 17.3 Å². The molecule has 0 radical (unpaired) electrons. The van der Waals surface area contributed by atoms with Crippen molar-refractivity contribution in [2.75, 3.05) is 0 Å². The number of hydrogen-bond donors (Lipinski definition) is 0. The normalized spacial score (nSPS) is 29.7. The first kappa shape index (κ1) is 30.2. The first-order valence-electron chi connectivity index (χ1n) is 20.2. The molecule has 53 heavy (non-hydrogen) atoms. The van der Waals surface area contributed by atoms with E-state index in [2.05, 4.69) is 155 Å². The molecular weight excluding hydrogens is 641 g/mol. The third kappa shape index (κ3) is 4.15. The van der Waals surface area contributed by atoms with E-state index in [9.17, 15) is 0 Å². The molecule has 5 atom stereocenters. The lowest BCUT2D eigenvalue weighted by atomic mass is 9.77. The molecule has 4 unspecified atom stereocenters. The van der Waals surface area contributed by atoms with Crippen LogP contribution in [0.25, 0.3) is 33.8 Å². The Kier molecular flexibility index (Phi) is 6.45.